The highest BCUT2D eigenvalue weighted by Gasteiger charge is 2.12. The van der Waals surface area contributed by atoms with Crippen molar-refractivity contribution >= 4 is 23.4 Å². The van der Waals surface area contributed by atoms with Gasteiger partial charge in [0.25, 0.3) is 17.7 Å². The van der Waals surface area contributed by atoms with Crippen LogP contribution in [0.15, 0.2) is 42.5 Å². The lowest BCUT2D eigenvalue weighted by Gasteiger charge is -2.11. The Morgan fingerprint density at radius 1 is 1.12 bits per heavy atom. The van der Waals surface area contributed by atoms with E-state index >= 15 is 0 Å². The second kappa shape index (κ2) is 8.66. The SMILES string of the molecule is CCNC(=O)c1cccc(NC(=O)COc2cc(C)ccc2C(N)=O)c1. The van der Waals surface area contributed by atoms with Crippen molar-refractivity contribution in [2.45, 2.75) is 13.8 Å². The molecule has 0 radical (unpaired) electrons. The first-order chi connectivity index (χ1) is 12.4. The second-order valence-corrected chi connectivity index (χ2v) is 5.64. The maximum atomic E-state index is 12.1. The van der Waals surface area contributed by atoms with Gasteiger partial charge < -0.3 is 21.1 Å². The summed E-state index contributed by atoms with van der Waals surface area (Å²) >= 11 is 0. The zero-order valence-electron chi connectivity index (χ0n) is 14.7. The van der Waals surface area contributed by atoms with Crippen LogP contribution < -0.4 is 21.1 Å². The van der Waals surface area contributed by atoms with E-state index in [0.29, 0.717) is 17.8 Å². The molecule has 0 fully saturated rings. The Morgan fingerprint density at radius 3 is 2.58 bits per heavy atom. The second-order valence-electron chi connectivity index (χ2n) is 5.64. The van der Waals surface area contributed by atoms with E-state index in [1.165, 1.54) is 0 Å². The van der Waals surface area contributed by atoms with E-state index < -0.39 is 11.8 Å². The third-order valence-electron chi connectivity index (χ3n) is 3.51. The highest BCUT2D eigenvalue weighted by Crippen LogP contribution is 2.20. The quantitative estimate of drug-likeness (QED) is 0.704. The van der Waals surface area contributed by atoms with Gasteiger partial charge in [-0.15, -0.1) is 0 Å². The first kappa shape index (κ1) is 19.0. The number of primary amides is 1. The minimum Gasteiger partial charge on any atom is -0.483 e. The molecular weight excluding hydrogens is 334 g/mol. The van der Waals surface area contributed by atoms with Gasteiger partial charge in [0.1, 0.15) is 5.75 Å². The van der Waals surface area contributed by atoms with Crippen LogP contribution in [-0.2, 0) is 4.79 Å². The molecule has 0 saturated heterocycles. The van der Waals surface area contributed by atoms with Gasteiger partial charge >= 0.3 is 0 Å². The van der Waals surface area contributed by atoms with Crippen molar-refractivity contribution < 1.29 is 19.1 Å². The van der Waals surface area contributed by atoms with Crippen LogP contribution in [0.3, 0.4) is 0 Å². The Bertz CT molecular complexity index is 833. The summed E-state index contributed by atoms with van der Waals surface area (Å²) in [5.74, 6) is -1.01. The monoisotopic (exact) mass is 355 g/mol. The molecule has 4 N–H and O–H groups in total. The number of carbonyl (C=O) groups is 3. The standard InChI is InChI=1S/C19H21N3O4/c1-3-21-19(25)13-5-4-6-14(10-13)22-17(23)11-26-16-9-12(2)7-8-15(16)18(20)24/h4-10H,3,11H2,1-2H3,(H2,20,24)(H,21,25)(H,22,23). The number of hydrogen-bond donors (Lipinski definition) is 3. The fourth-order valence-corrected chi connectivity index (χ4v) is 2.29. The van der Waals surface area contributed by atoms with Crippen LogP contribution in [0, 0.1) is 6.92 Å². The topological polar surface area (TPSA) is 111 Å². The summed E-state index contributed by atoms with van der Waals surface area (Å²) in [6.07, 6.45) is 0. The minimum absolute atomic E-state index is 0.210. The Kier molecular flexibility index (Phi) is 6.32. The summed E-state index contributed by atoms with van der Waals surface area (Å²) in [6.45, 7) is 3.88. The lowest BCUT2D eigenvalue weighted by Crippen LogP contribution is -2.24. The van der Waals surface area contributed by atoms with Crippen LogP contribution in [0.2, 0.25) is 0 Å². The predicted octanol–water partition coefficient (Wildman–Crippen LogP) is 1.86. The molecular formula is C19H21N3O4. The van der Waals surface area contributed by atoms with Crippen LogP contribution in [0.5, 0.6) is 5.75 Å². The van der Waals surface area contributed by atoms with Crippen molar-refractivity contribution in [2.75, 3.05) is 18.5 Å². The number of nitrogens with two attached hydrogens (primary N) is 1. The third kappa shape index (κ3) is 5.07. The highest BCUT2D eigenvalue weighted by molar-refractivity contribution is 5.98. The summed E-state index contributed by atoms with van der Waals surface area (Å²) in [7, 11) is 0. The number of aryl methyl sites for hydroxylation is 1. The molecule has 0 aliphatic rings. The number of amides is 3. The molecule has 0 aliphatic carbocycles. The van der Waals surface area contributed by atoms with Gasteiger partial charge in [0.05, 0.1) is 5.56 Å². The van der Waals surface area contributed by atoms with Gasteiger partial charge in [-0.25, -0.2) is 0 Å². The van der Waals surface area contributed by atoms with Crippen molar-refractivity contribution in [1.82, 2.24) is 5.32 Å². The first-order valence-electron chi connectivity index (χ1n) is 8.12. The Balaban J connectivity index is 2.02. The molecule has 0 spiro atoms. The molecule has 2 aromatic rings. The summed E-state index contributed by atoms with van der Waals surface area (Å²) in [4.78, 5) is 35.4. The maximum Gasteiger partial charge on any atom is 0.262 e. The molecule has 2 rings (SSSR count). The van der Waals surface area contributed by atoms with Crippen LogP contribution >= 0.6 is 0 Å². The van der Waals surface area contributed by atoms with Crippen LogP contribution in [0.4, 0.5) is 5.69 Å². The molecule has 26 heavy (non-hydrogen) atoms. The lowest BCUT2D eigenvalue weighted by molar-refractivity contribution is -0.118. The average Bonchev–Trinajstić information content (AvgIpc) is 2.60. The number of anilines is 1. The van der Waals surface area contributed by atoms with E-state index in [0.717, 1.165) is 5.56 Å². The van der Waals surface area contributed by atoms with E-state index in [4.69, 9.17) is 10.5 Å². The molecule has 136 valence electrons. The summed E-state index contributed by atoms with van der Waals surface area (Å²) in [6, 6.07) is 11.5. The van der Waals surface area contributed by atoms with Gasteiger partial charge in [0, 0.05) is 17.8 Å². The first-order valence-corrected chi connectivity index (χ1v) is 8.12. The molecule has 7 heteroatoms. The zero-order valence-corrected chi connectivity index (χ0v) is 14.7. The molecule has 0 atom stereocenters. The van der Waals surface area contributed by atoms with E-state index in [9.17, 15) is 14.4 Å². The molecule has 0 unspecified atom stereocenters. The molecule has 0 aromatic heterocycles. The van der Waals surface area contributed by atoms with Crippen molar-refractivity contribution in [1.29, 1.82) is 0 Å². The molecule has 0 aliphatic heterocycles. The minimum atomic E-state index is -0.630. The third-order valence-corrected chi connectivity index (χ3v) is 3.51. The molecule has 0 bridgehead atoms. The maximum absolute atomic E-state index is 12.1. The Hall–Kier alpha value is -3.35. The highest BCUT2D eigenvalue weighted by atomic mass is 16.5. The van der Waals surface area contributed by atoms with Crippen molar-refractivity contribution in [3.05, 3.63) is 59.2 Å². The van der Waals surface area contributed by atoms with Crippen LogP contribution in [0.1, 0.15) is 33.2 Å². The largest absolute Gasteiger partial charge is 0.483 e. The smallest absolute Gasteiger partial charge is 0.262 e. The van der Waals surface area contributed by atoms with Gasteiger partial charge in [-0.3, -0.25) is 14.4 Å². The molecule has 0 saturated carbocycles. The fraction of sp³-hybridized carbons (Fsp3) is 0.211. The summed E-state index contributed by atoms with van der Waals surface area (Å²) in [5, 5.41) is 5.34. The van der Waals surface area contributed by atoms with E-state index in [1.807, 2.05) is 13.8 Å². The van der Waals surface area contributed by atoms with Gasteiger partial charge in [0.2, 0.25) is 0 Å². The molecule has 7 nitrogen and oxygen atoms in total. The van der Waals surface area contributed by atoms with E-state index in [-0.39, 0.29) is 23.8 Å². The summed E-state index contributed by atoms with van der Waals surface area (Å²) < 4.78 is 5.44. The number of ether oxygens (including phenoxy) is 1. The fourth-order valence-electron chi connectivity index (χ4n) is 2.29. The van der Waals surface area contributed by atoms with Crippen molar-refractivity contribution in [3.63, 3.8) is 0 Å². The van der Waals surface area contributed by atoms with Gasteiger partial charge in [-0.1, -0.05) is 12.1 Å². The van der Waals surface area contributed by atoms with Crippen LogP contribution in [0.25, 0.3) is 0 Å². The van der Waals surface area contributed by atoms with E-state index in [1.54, 1.807) is 42.5 Å². The van der Waals surface area contributed by atoms with Gasteiger partial charge in [-0.05, 0) is 49.7 Å². The van der Waals surface area contributed by atoms with Crippen molar-refractivity contribution in [3.8, 4) is 5.75 Å². The predicted molar refractivity (Wildman–Crippen MR) is 98.3 cm³/mol. The number of hydrogen-bond acceptors (Lipinski definition) is 4. The van der Waals surface area contributed by atoms with Gasteiger partial charge in [-0.2, -0.15) is 0 Å². The number of carbonyl (C=O) groups excluding carboxylic acids is 3. The normalized spacial score (nSPS) is 10.1. The molecule has 0 heterocycles. The van der Waals surface area contributed by atoms with Gasteiger partial charge in [0.15, 0.2) is 6.61 Å². The zero-order chi connectivity index (χ0) is 19.1. The molecule has 2 aromatic carbocycles. The number of nitrogens with one attached hydrogen (secondary N) is 2. The van der Waals surface area contributed by atoms with Crippen LogP contribution in [-0.4, -0.2) is 30.9 Å². The number of rotatable bonds is 7. The van der Waals surface area contributed by atoms with E-state index in [2.05, 4.69) is 10.6 Å². The lowest BCUT2D eigenvalue weighted by atomic mass is 10.1. The summed E-state index contributed by atoms with van der Waals surface area (Å²) in [5.41, 5.74) is 7.31. The van der Waals surface area contributed by atoms with Crippen molar-refractivity contribution in [2.24, 2.45) is 5.73 Å². The Morgan fingerprint density at radius 2 is 1.88 bits per heavy atom. The average molecular weight is 355 g/mol. The number of benzene rings is 2. The Labute approximate surface area is 151 Å². The molecule has 3 amide bonds.